The topological polar surface area (TPSA) is 46.3 Å². The second-order valence-electron chi connectivity index (χ2n) is 4.20. The van der Waals surface area contributed by atoms with Gasteiger partial charge in [-0.15, -0.1) is 11.3 Å². The van der Waals surface area contributed by atoms with Crippen LogP contribution in [0.25, 0.3) is 0 Å². The smallest absolute Gasteiger partial charge is 0.171 e. The average molecular weight is 226 g/mol. The van der Waals surface area contributed by atoms with Gasteiger partial charge in [0, 0.05) is 20.5 Å². The summed E-state index contributed by atoms with van der Waals surface area (Å²) in [4.78, 5) is 14.0. The molecule has 0 saturated heterocycles. The van der Waals surface area contributed by atoms with E-state index >= 15 is 0 Å². The Kier molecular flexibility index (Phi) is 3.74. The maximum Gasteiger partial charge on any atom is 0.171 e. The van der Waals surface area contributed by atoms with Crippen molar-refractivity contribution in [2.24, 2.45) is 5.92 Å². The molecule has 1 aromatic rings. The van der Waals surface area contributed by atoms with E-state index < -0.39 is 0 Å². The van der Waals surface area contributed by atoms with Crippen LogP contribution in [0.5, 0.6) is 0 Å². The quantitative estimate of drug-likeness (QED) is 0.803. The first-order valence-corrected chi connectivity index (χ1v) is 5.84. The molecule has 84 valence electrons. The molecule has 0 aromatic carbocycles. The molecule has 0 fully saturated rings. The van der Waals surface area contributed by atoms with E-state index in [4.69, 9.17) is 5.73 Å². The van der Waals surface area contributed by atoms with Crippen molar-refractivity contribution in [3.8, 4) is 0 Å². The van der Waals surface area contributed by atoms with Crippen LogP contribution in [0.2, 0.25) is 0 Å². The maximum absolute atomic E-state index is 11.2. The largest absolute Gasteiger partial charge is 0.397 e. The van der Waals surface area contributed by atoms with Gasteiger partial charge in [0.05, 0.1) is 15.6 Å². The molecule has 1 rings (SSSR count). The standard InChI is InChI=1S/C11H18N2OS/c1-7(2)6-13(4)10-5-9(12)11(15-10)8(3)14/h5,7H,6,12H2,1-4H3. The average Bonchev–Trinajstić information content (AvgIpc) is 2.46. The highest BCUT2D eigenvalue weighted by Crippen LogP contribution is 2.32. The maximum atomic E-state index is 11.2. The molecule has 0 spiro atoms. The van der Waals surface area contributed by atoms with Crippen LogP contribution in [0.3, 0.4) is 0 Å². The van der Waals surface area contributed by atoms with Crippen LogP contribution in [0, 0.1) is 5.92 Å². The van der Waals surface area contributed by atoms with Crippen molar-refractivity contribution in [2.45, 2.75) is 20.8 Å². The molecule has 15 heavy (non-hydrogen) atoms. The number of nitrogens with zero attached hydrogens (tertiary/aromatic N) is 1. The fourth-order valence-electron chi connectivity index (χ4n) is 1.49. The van der Waals surface area contributed by atoms with Gasteiger partial charge in [-0.3, -0.25) is 4.79 Å². The number of carbonyl (C=O) groups excluding carboxylic acids is 1. The van der Waals surface area contributed by atoms with E-state index in [2.05, 4.69) is 18.7 Å². The van der Waals surface area contributed by atoms with Crippen molar-refractivity contribution < 1.29 is 4.79 Å². The highest BCUT2D eigenvalue weighted by Gasteiger charge is 2.13. The zero-order valence-electron chi connectivity index (χ0n) is 9.70. The number of anilines is 2. The van der Waals surface area contributed by atoms with Crippen molar-refractivity contribution in [3.63, 3.8) is 0 Å². The summed E-state index contributed by atoms with van der Waals surface area (Å²) in [5, 5.41) is 1.06. The van der Waals surface area contributed by atoms with Gasteiger partial charge in [-0.2, -0.15) is 0 Å². The summed E-state index contributed by atoms with van der Waals surface area (Å²) in [6.45, 7) is 6.85. The van der Waals surface area contributed by atoms with E-state index in [9.17, 15) is 4.79 Å². The molecule has 0 unspecified atom stereocenters. The summed E-state index contributed by atoms with van der Waals surface area (Å²) in [5.74, 6) is 0.640. The van der Waals surface area contributed by atoms with Crippen LogP contribution in [0.1, 0.15) is 30.4 Å². The van der Waals surface area contributed by atoms with E-state index in [-0.39, 0.29) is 5.78 Å². The van der Waals surface area contributed by atoms with E-state index in [0.29, 0.717) is 16.5 Å². The summed E-state index contributed by atoms with van der Waals surface area (Å²) in [6, 6.07) is 1.88. The minimum Gasteiger partial charge on any atom is -0.397 e. The lowest BCUT2D eigenvalue weighted by Gasteiger charge is -2.18. The summed E-state index contributed by atoms with van der Waals surface area (Å²) in [5.41, 5.74) is 6.37. The zero-order valence-corrected chi connectivity index (χ0v) is 10.5. The molecule has 0 bridgehead atoms. The number of nitrogen functional groups attached to an aromatic ring is 1. The SMILES string of the molecule is CC(=O)c1sc(N(C)CC(C)C)cc1N. The zero-order chi connectivity index (χ0) is 11.6. The number of hydrogen-bond acceptors (Lipinski definition) is 4. The van der Waals surface area contributed by atoms with E-state index in [1.807, 2.05) is 13.1 Å². The Labute approximate surface area is 94.9 Å². The number of nitrogens with two attached hydrogens (primary N) is 1. The third-order valence-electron chi connectivity index (χ3n) is 2.08. The van der Waals surface area contributed by atoms with Crippen molar-refractivity contribution in [3.05, 3.63) is 10.9 Å². The highest BCUT2D eigenvalue weighted by molar-refractivity contribution is 7.18. The van der Waals surface area contributed by atoms with Gasteiger partial charge in [0.15, 0.2) is 5.78 Å². The molecule has 0 aliphatic rings. The fraction of sp³-hybridized carbons (Fsp3) is 0.545. The Bertz CT molecular complexity index is 357. The Morgan fingerprint density at radius 3 is 2.60 bits per heavy atom. The van der Waals surface area contributed by atoms with Gasteiger partial charge in [-0.1, -0.05) is 13.8 Å². The number of ketones is 1. The summed E-state index contributed by atoms with van der Waals surface area (Å²) in [6.07, 6.45) is 0. The first-order chi connectivity index (χ1) is 6.91. The molecule has 0 atom stereocenters. The van der Waals surface area contributed by atoms with E-state index in [0.717, 1.165) is 11.5 Å². The van der Waals surface area contributed by atoms with Crippen molar-refractivity contribution >= 4 is 27.8 Å². The van der Waals surface area contributed by atoms with Gasteiger partial charge in [0.2, 0.25) is 0 Å². The number of thiophene rings is 1. The second kappa shape index (κ2) is 4.66. The molecular weight excluding hydrogens is 208 g/mol. The van der Waals surface area contributed by atoms with Crippen LogP contribution < -0.4 is 10.6 Å². The van der Waals surface area contributed by atoms with Crippen molar-refractivity contribution in [2.75, 3.05) is 24.2 Å². The molecular formula is C11H18N2OS. The van der Waals surface area contributed by atoms with Gasteiger partial charge in [-0.05, 0) is 12.0 Å². The fourth-order valence-corrected chi connectivity index (χ4v) is 2.44. The molecule has 1 aromatic heterocycles. The Morgan fingerprint density at radius 1 is 1.60 bits per heavy atom. The monoisotopic (exact) mass is 226 g/mol. The van der Waals surface area contributed by atoms with Crippen LogP contribution in [-0.4, -0.2) is 19.4 Å². The lowest BCUT2D eigenvalue weighted by molar-refractivity contribution is 0.102. The van der Waals surface area contributed by atoms with Gasteiger partial charge < -0.3 is 10.6 Å². The third kappa shape index (κ3) is 2.96. The molecule has 2 N–H and O–H groups in total. The van der Waals surface area contributed by atoms with E-state index in [1.54, 1.807) is 6.92 Å². The summed E-state index contributed by atoms with van der Waals surface area (Å²) in [7, 11) is 2.02. The predicted molar refractivity (Wildman–Crippen MR) is 66.8 cm³/mol. The van der Waals surface area contributed by atoms with Crippen LogP contribution >= 0.6 is 11.3 Å². The summed E-state index contributed by atoms with van der Waals surface area (Å²) >= 11 is 1.47. The molecule has 0 saturated carbocycles. The van der Waals surface area contributed by atoms with Gasteiger partial charge in [0.25, 0.3) is 0 Å². The third-order valence-corrected chi connectivity index (χ3v) is 3.45. The molecule has 4 heteroatoms. The number of carbonyl (C=O) groups is 1. The first kappa shape index (κ1) is 12.0. The van der Waals surface area contributed by atoms with Gasteiger partial charge >= 0.3 is 0 Å². The predicted octanol–water partition coefficient (Wildman–Crippen LogP) is 2.63. The van der Waals surface area contributed by atoms with Crippen LogP contribution in [0.15, 0.2) is 6.07 Å². The second-order valence-corrected chi connectivity index (χ2v) is 5.23. The number of hydrogen-bond donors (Lipinski definition) is 1. The van der Waals surface area contributed by atoms with Crippen molar-refractivity contribution in [1.82, 2.24) is 0 Å². The Morgan fingerprint density at radius 2 is 2.20 bits per heavy atom. The first-order valence-electron chi connectivity index (χ1n) is 5.03. The lowest BCUT2D eigenvalue weighted by atomic mass is 10.2. The Hall–Kier alpha value is -1.03. The molecule has 1 heterocycles. The van der Waals surface area contributed by atoms with E-state index in [1.165, 1.54) is 11.3 Å². The van der Waals surface area contributed by atoms with Crippen LogP contribution in [0.4, 0.5) is 10.7 Å². The molecule has 0 aliphatic heterocycles. The van der Waals surface area contributed by atoms with Crippen molar-refractivity contribution in [1.29, 1.82) is 0 Å². The Balaban J connectivity index is 2.87. The minimum absolute atomic E-state index is 0.0432. The minimum atomic E-state index is 0.0432. The molecule has 3 nitrogen and oxygen atoms in total. The normalized spacial score (nSPS) is 10.7. The molecule has 0 radical (unpaired) electrons. The van der Waals surface area contributed by atoms with Gasteiger partial charge in [0.1, 0.15) is 0 Å². The lowest BCUT2D eigenvalue weighted by Crippen LogP contribution is -2.21. The molecule has 0 amide bonds. The van der Waals surface area contributed by atoms with Gasteiger partial charge in [-0.25, -0.2) is 0 Å². The molecule has 0 aliphatic carbocycles. The highest BCUT2D eigenvalue weighted by atomic mass is 32.1. The summed E-state index contributed by atoms with van der Waals surface area (Å²) < 4.78 is 0. The van der Waals surface area contributed by atoms with Crippen LogP contribution in [-0.2, 0) is 0 Å². The number of Topliss-reactive ketones (excluding diaryl/α,β-unsaturated/α-hetero) is 1. The number of rotatable bonds is 4.